The van der Waals surface area contributed by atoms with Gasteiger partial charge in [-0.1, -0.05) is 12.1 Å². The number of benzene rings is 2. The van der Waals surface area contributed by atoms with Crippen LogP contribution in [-0.4, -0.2) is 32.3 Å². The van der Waals surface area contributed by atoms with Crippen molar-refractivity contribution in [1.29, 1.82) is 5.26 Å². The van der Waals surface area contributed by atoms with Gasteiger partial charge >= 0.3 is 0 Å². The van der Waals surface area contributed by atoms with Gasteiger partial charge in [0, 0.05) is 11.3 Å². The molecule has 2 N–H and O–H groups in total. The van der Waals surface area contributed by atoms with E-state index in [1.54, 1.807) is 12.1 Å². The number of nitrogens with zero attached hydrogens (tertiary/aromatic N) is 1. The lowest BCUT2D eigenvalue weighted by molar-refractivity contribution is 0.0977. The van der Waals surface area contributed by atoms with E-state index in [2.05, 4.69) is 16.7 Å². The number of carbonyl (C=O) groups is 1. The largest absolute Gasteiger partial charge is 0.493 e. The van der Waals surface area contributed by atoms with Crippen molar-refractivity contribution in [3.8, 4) is 23.3 Å². The summed E-state index contributed by atoms with van der Waals surface area (Å²) in [5.74, 6) is 0.713. The van der Waals surface area contributed by atoms with E-state index < -0.39 is 5.91 Å². The van der Waals surface area contributed by atoms with Gasteiger partial charge in [0.05, 0.1) is 33.8 Å². The van der Waals surface area contributed by atoms with Gasteiger partial charge in [-0.15, -0.1) is 0 Å². The summed E-state index contributed by atoms with van der Waals surface area (Å²) in [6.45, 7) is 0. The van der Waals surface area contributed by atoms with Crippen molar-refractivity contribution in [3.63, 3.8) is 0 Å². The van der Waals surface area contributed by atoms with E-state index in [0.29, 0.717) is 34.9 Å². The molecule has 0 unspecified atom stereocenters. The minimum absolute atomic E-state index is 0.141. The first-order chi connectivity index (χ1) is 13.0. The number of ether oxygens (including phenoxy) is 3. The summed E-state index contributed by atoms with van der Waals surface area (Å²) < 4.78 is 15.7. The number of methoxy groups -OCH3 is 3. The maximum atomic E-state index is 12.5. The molecule has 1 amide bonds. The van der Waals surface area contributed by atoms with Crippen LogP contribution >= 0.6 is 12.2 Å². The molecule has 0 fully saturated rings. The van der Waals surface area contributed by atoms with Crippen molar-refractivity contribution in [3.05, 3.63) is 47.5 Å². The molecule has 27 heavy (non-hydrogen) atoms. The van der Waals surface area contributed by atoms with E-state index >= 15 is 0 Å². The van der Waals surface area contributed by atoms with Gasteiger partial charge in [0.15, 0.2) is 16.6 Å². The molecule has 0 bridgehead atoms. The van der Waals surface area contributed by atoms with Crippen LogP contribution in [0.25, 0.3) is 0 Å². The highest BCUT2D eigenvalue weighted by Crippen LogP contribution is 2.38. The van der Waals surface area contributed by atoms with Crippen LogP contribution in [-0.2, 0) is 6.42 Å². The molecule has 0 radical (unpaired) electrons. The number of nitriles is 1. The lowest BCUT2D eigenvalue weighted by Crippen LogP contribution is -2.34. The predicted octanol–water partition coefficient (Wildman–Crippen LogP) is 2.91. The minimum Gasteiger partial charge on any atom is -0.493 e. The van der Waals surface area contributed by atoms with E-state index in [1.165, 1.54) is 33.5 Å². The van der Waals surface area contributed by atoms with E-state index in [4.69, 9.17) is 31.7 Å². The molecular formula is C19H19N3O4S. The Labute approximate surface area is 162 Å². The standard InChI is InChI=1S/C19H19N3O4S/c1-24-15-10-13(11-16(25-2)17(15)26-3)18(23)22-19(27)21-14-6-4-12(5-7-14)8-9-20/h4-7,10-11H,8H2,1-3H3,(H2,21,22,23,27). The third-order valence-electron chi connectivity index (χ3n) is 3.65. The zero-order chi connectivity index (χ0) is 19.8. The van der Waals surface area contributed by atoms with Gasteiger partial charge in [-0.25, -0.2) is 0 Å². The fraction of sp³-hybridized carbons (Fsp3) is 0.211. The number of hydrogen-bond acceptors (Lipinski definition) is 6. The van der Waals surface area contributed by atoms with Crippen LogP contribution in [0.2, 0.25) is 0 Å². The number of rotatable bonds is 6. The Kier molecular flexibility index (Phi) is 6.97. The van der Waals surface area contributed by atoms with Crippen molar-refractivity contribution in [1.82, 2.24) is 5.32 Å². The first-order valence-electron chi connectivity index (χ1n) is 7.90. The maximum absolute atomic E-state index is 12.5. The maximum Gasteiger partial charge on any atom is 0.257 e. The monoisotopic (exact) mass is 385 g/mol. The number of anilines is 1. The smallest absolute Gasteiger partial charge is 0.257 e. The van der Waals surface area contributed by atoms with Crippen LogP contribution in [0, 0.1) is 11.3 Å². The summed E-state index contributed by atoms with van der Waals surface area (Å²) in [6.07, 6.45) is 0.336. The third kappa shape index (κ3) is 5.09. The number of amides is 1. The summed E-state index contributed by atoms with van der Waals surface area (Å²) in [6, 6.07) is 12.4. The lowest BCUT2D eigenvalue weighted by atomic mass is 10.1. The molecule has 140 valence electrons. The molecule has 8 heteroatoms. The quantitative estimate of drug-likeness (QED) is 0.739. The fourth-order valence-electron chi connectivity index (χ4n) is 2.35. The van der Waals surface area contributed by atoms with Gasteiger partial charge in [0.2, 0.25) is 5.75 Å². The Balaban J connectivity index is 2.10. The average Bonchev–Trinajstić information content (AvgIpc) is 2.68. The number of nitrogens with one attached hydrogen (secondary N) is 2. The van der Waals surface area contributed by atoms with Gasteiger partial charge in [-0.05, 0) is 42.0 Å². The molecule has 0 aliphatic heterocycles. The van der Waals surface area contributed by atoms with Gasteiger partial charge in [-0.3, -0.25) is 10.1 Å². The average molecular weight is 385 g/mol. The van der Waals surface area contributed by atoms with Crippen molar-refractivity contribution < 1.29 is 19.0 Å². The van der Waals surface area contributed by atoms with Crippen molar-refractivity contribution in [2.45, 2.75) is 6.42 Å². The highest BCUT2D eigenvalue weighted by atomic mass is 32.1. The summed E-state index contributed by atoms with van der Waals surface area (Å²) in [7, 11) is 4.43. The Hall–Kier alpha value is -3.31. The predicted molar refractivity (Wildman–Crippen MR) is 106 cm³/mol. The highest BCUT2D eigenvalue weighted by molar-refractivity contribution is 7.80. The molecule has 2 aromatic rings. The number of carbonyl (C=O) groups excluding carboxylic acids is 1. The molecule has 0 heterocycles. The molecule has 0 saturated carbocycles. The van der Waals surface area contributed by atoms with Crippen LogP contribution in [0.1, 0.15) is 15.9 Å². The third-order valence-corrected chi connectivity index (χ3v) is 3.85. The van der Waals surface area contributed by atoms with Crippen LogP contribution in [0.15, 0.2) is 36.4 Å². The van der Waals surface area contributed by atoms with Crippen LogP contribution in [0.3, 0.4) is 0 Å². The Morgan fingerprint density at radius 2 is 1.67 bits per heavy atom. The number of hydrogen-bond donors (Lipinski definition) is 2. The van der Waals surface area contributed by atoms with Gasteiger partial charge in [0.1, 0.15) is 0 Å². The summed E-state index contributed by atoms with van der Waals surface area (Å²) in [5.41, 5.74) is 1.90. The first-order valence-corrected chi connectivity index (χ1v) is 8.31. The van der Waals surface area contributed by atoms with Gasteiger partial charge < -0.3 is 19.5 Å². The molecule has 0 saturated heterocycles. The molecule has 7 nitrogen and oxygen atoms in total. The summed E-state index contributed by atoms with van der Waals surface area (Å²) >= 11 is 5.18. The Bertz CT molecular complexity index is 851. The summed E-state index contributed by atoms with van der Waals surface area (Å²) in [4.78, 5) is 12.5. The Morgan fingerprint density at radius 1 is 1.07 bits per heavy atom. The van der Waals surface area contributed by atoms with E-state index in [0.717, 1.165) is 5.56 Å². The van der Waals surface area contributed by atoms with Crippen molar-refractivity contribution in [2.24, 2.45) is 0 Å². The highest BCUT2D eigenvalue weighted by Gasteiger charge is 2.17. The zero-order valence-corrected chi connectivity index (χ0v) is 16.0. The Morgan fingerprint density at radius 3 is 2.15 bits per heavy atom. The van der Waals surface area contributed by atoms with E-state index in [9.17, 15) is 4.79 Å². The molecule has 0 aromatic heterocycles. The fourth-order valence-corrected chi connectivity index (χ4v) is 2.56. The molecule has 2 rings (SSSR count). The van der Waals surface area contributed by atoms with Gasteiger partial charge in [-0.2, -0.15) is 5.26 Å². The molecule has 0 atom stereocenters. The van der Waals surface area contributed by atoms with Gasteiger partial charge in [0.25, 0.3) is 5.91 Å². The van der Waals surface area contributed by atoms with E-state index in [1.807, 2.05) is 12.1 Å². The molecular weight excluding hydrogens is 366 g/mol. The second-order valence-electron chi connectivity index (χ2n) is 5.35. The van der Waals surface area contributed by atoms with E-state index in [-0.39, 0.29) is 5.11 Å². The van der Waals surface area contributed by atoms with Crippen LogP contribution in [0.5, 0.6) is 17.2 Å². The SMILES string of the molecule is COc1cc(C(=O)NC(=S)Nc2ccc(CC#N)cc2)cc(OC)c1OC. The molecule has 2 aromatic carbocycles. The van der Waals surface area contributed by atoms with Crippen LogP contribution in [0.4, 0.5) is 5.69 Å². The first kappa shape index (κ1) is 20.0. The minimum atomic E-state index is -0.423. The molecule has 0 spiro atoms. The van der Waals surface area contributed by atoms with Crippen molar-refractivity contribution >= 4 is 28.9 Å². The second-order valence-corrected chi connectivity index (χ2v) is 5.76. The molecule has 0 aliphatic rings. The number of thiocarbonyl (C=S) groups is 1. The summed E-state index contributed by atoms with van der Waals surface area (Å²) in [5, 5.41) is 14.4. The second kappa shape index (κ2) is 9.40. The van der Waals surface area contributed by atoms with Crippen molar-refractivity contribution in [2.75, 3.05) is 26.6 Å². The topological polar surface area (TPSA) is 92.6 Å². The van der Waals surface area contributed by atoms with Crippen LogP contribution < -0.4 is 24.8 Å². The molecule has 0 aliphatic carbocycles. The lowest BCUT2D eigenvalue weighted by Gasteiger charge is -2.14. The normalized spacial score (nSPS) is 9.70. The zero-order valence-electron chi connectivity index (χ0n) is 15.2.